The lowest BCUT2D eigenvalue weighted by Gasteiger charge is -2.06. The summed E-state index contributed by atoms with van der Waals surface area (Å²) in [7, 11) is 0. The molecule has 0 bridgehead atoms. The second-order valence-electron chi connectivity index (χ2n) is 7.60. The number of nitrogens with one attached hydrogen (secondary N) is 3. The number of halogens is 1. The number of carbonyl (C=O) groups excluding carboxylic acids is 1. The van der Waals surface area contributed by atoms with E-state index < -0.39 is 17.4 Å². The van der Waals surface area contributed by atoms with E-state index in [9.17, 15) is 19.1 Å². The molecule has 4 N–H and O–H groups in total. The fraction of sp³-hybridized carbons (Fsp3) is 0.190. The molecule has 5 rings (SSSR count). The quantitative estimate of drug-likeness (QED) is 0.375. The summed E-state index contributed by atoms with van der Waals surface area (Å²) in [6.45, 7) is 1.62. The van der Waals surface area contributed by atoms with E-state index in [0.29, 0.717) is 21.9 Å². The van der Waals surface area contributed by atoms with Gasteiger partial charge in [0.2, 0.25) is 5.88 Å². The Morgan fingerprint density at radius 1 is 1.34 bits per heavy atom. The van der Waals surface area contributed by atoms with Gasteiger partial charge < -0.3 is 15.4 Å². The average molecular weight is 435 g/mol. The lowest BCUT2D eigenvalue weighted by molar-refractivity contribution is 0.102. The van der Waals surface area contributed by atoms with E-state index in [4.69, 9.17) is 0 Å². The van der Waals surface area contributed by atoms with Crippen LogP contribution in [0.5, 0.6) is 5.88 Å². The number of imidazole rings is 1. The molecule has 10 nitrogen and oxygen atoms in total. The van der Waals surface area contributed by atoms with Gasteiger partial charge in [-0.05, 0) is 43.5 Å². The molecule has 1 amide bonds. The molecule has 162 valence electrons. The van der Waals surface area contributed by atoms with Crippen molar-refractivity contribution in [3.63, 3.8) is 0 Å². The molecule has 3 heterocycles. The number of benzene rings is 1. The second kappa shape index (κ2) is 7.45. The minimum absolute atomic E-state index is 0.158. The first-order chi connectivity index (χ1) is 15.4. The molecular formula is C21H18FN7O3. The van der Waals surface area contributed by atoms with Gasteiger partial charge >= 0.3 is 5.69 Å². The van der Waals surface area contributed by atoms with Crippen molar-refractivity contribution >= 4 is 23.4 Å². The van der Waals surface area contributed by atoms with E-state index in [1.807, 2.05) is 0 Å². The Bertz CT molecular complexity index is 1550. The lowest BCUT2D eigenvalue weighted by Crippen LogP contribution is -2.22. The second-order valence-corrected chi connectivity index (χ2v) is 7.60. The SMILES string of the molecule is Cc1ccc(C(=O)Nc2cc(=NC3CC3)n3nc/c(=C/c4[nH]c(=O)[nH]c4O)c3n2)cc1F. The third kappa shape index (κ3) is 3.75. The van der Waals surface area contributed by atoms with Crippen molar-refractivity contribution in [1.29, 1.82) is 0 Å². The van der Waals surface area contributed by atoms with Crippen LogP contribution in [0.4, 0.5) is 10.2 Å². The van der Waals surface area contributed by atoms with Gasteiger partial charge in [-0.25, -0.2) is 14.2 Å². The maximum absolute atomic E-state index is 13.9. The van der Waals surface area contributed by atoms with Gasteiger partial charge in [-0.2, -0.15) is 9.61 Å². The highest BCUT2D eigenvalue weighted by atomic mass is 19.1. The third-order valence-electron chi connectivity index (χ3n) is 5.05. The largest absolute Gasteiger partial charge is 0.493 e. The van der Waals surface area contributed by atoms with E-state index >= 15 is 0 Å². The van der Waals surface area contributed by atoms with Crippen LogP contribution in [0.15, 0.2) is 40.2 Å². The van der Waals surface area contributed by atoms with E-state index in [2.05, 4.69) is 30.4 Å². The van der Waals surface area contributed by atoms with Gasteiger partial charge in [0.1, 0.15) is 17.3 Å². The van der Waals surface area contributed by atoms with Gasteiger partial charge in [-0.15, -0.1) is 0 Å². The minimum atomic E-state index is -0.555. The van der Waals surface area contributed by atoms with Crippen LogP contribution in [-0.4, -0.2) is 41.6 Å². The fourth-order valence-corrected chi connectivity index (χ4v) is 3.18. The summed E-state index contributed by atoms with van der Waals surface area (Å²) < 4.78 is 15.4. The van der Waals surface area contributed by atoms with Gasteiger partial charge in [0.15, 0.2) is 11.1 Å². The molecule has 1 aliphatic carbocycles. The number of aryl methyl sites for hydroxylation is 1. The number of nitrogens with zero attached hydrogens (tertiary/aromatic N) is 4. The van der Waals surface area contributed by atoms with Crippen LogP contribution < -0.4 is 21.7 Å². The van der Waals surface area contributed by atoms with Gasteiger partial charge in [0.05, 0.1) is 12.2 Å². The Labute approximate surface area is 179 Å². The zero-order valence-corrected chi connectivity index (χ0v) is 16.9. The smallest absolute Gasteiger partial charge is 0.326 e. The highest BCUT2D eigenvalue weighted by molar-refractivity contribution is 6.03. The molecule has 0 atom stereocenters. The first-order valence-electron chi connectivity index (χ1n) is 9.90. The van der Waals surface area contributed by atoms with Gasteiger partial charge in [-0.3, -0.25) is 14.8 Å². The number of rotatable bonds is 4. The van der Waals surface area contributed by atoms with Gasteiger partial charge in [-0.1, -0.05) is 6.07 Å². The molecule has 1 aliphatic rings. The topological polar surface area (TPSA) is 141 Å². The monoisotopic (exact) mass is 435 g/mol. The summed E-state index contributed by atoms with van der Waals surface area (Å²) >= 11 is 0. The number of fused-ring (bicyclic) bond motifs is 1. The van der Waals surface area contributed by atoms with E-state index in [0.717, 1.165) is 12.8 Å². The number of hydrogen-bond donors (Lipinski definition) is 4. The fourth-order valence-electron chi connectivity index (χ4n) is 3.18. The maximum atomic E-state index is 13.9. The Morgan fingerprint density at radius 3 is 2.84 bits per heavy atom. The summed E-state index contributed by atoms with van der Waals surface area (Å²) in [5, 5.41) is 17.3. The number of aromatic hydroxyl groups is 1. The normalized spacial score (nSPS) is 14.9. The Balaban J connectivity index is 1.61. The molecule has 0 aliphatic heterocycles. The molecule has 32 heavy (non-hydrogen) atoms. The lowest BCUT2D eigenvalue weighted by atomic mass is 10.1. The Kier molecular flexibility index (Phi) is 4.58. The number of amides is 1. The number of carbonyl (C=O) groups is 1. The molecule has 1 saturated carbocycles. The first kappa shape index (κ1) is 19.7. The Hall–Kier alpha value is -4.28. The molecule has 1 fully saturated rings. The predicted molar refractivity (Wildman–Crippen MR) is 113 cm³/mol. The maximum Gasteiger partial charge on any atom is 0.326 e. The Morgan fingerprint density at radius 2 is 2.16 bits per heavy atom. The first-order valence-corrected chi connectivity index (χ1v) is 9.90. The molecule has 3 aromatic heterocycles. The van der Waals surface area contributed by atoms with Crippen molar-refractivity contribution in [2.75, 3.05) is 5.32 Å². The van der Waals surface area contributed by atoms with Crippen LogP contribution in [0.1, 0.15) is 34.5 Å². The van der Waals surface area contributed by atoms with E-state index in [1.54, 1.807) is 13.0 Å². The van der Waals surface area contributed by atoms with Crippen LogP contribution in [0, 0.1) is 12.7 Å². The van der Waals surface area contributed by atoms with E-state index in [-0.39, 0.29) is 29.0 Å². The number of aromatic nitrogens is 5. The molecule has 11 heteroatoms. The molecule has 1 aromatic carbocycles. The zero-order chi connectivity index (χ0) is 22.4. The van der Waals surface area contributed by atoms with Crippen molar-refractivity contribution in [1.82, 2.24) is 24.6 Å². The third-order valence-corrected chi connectivity index (χ3v) is 5.05. The van der Waals surface area contributed by atoms with Crippen LogP contribution in [0.25, 0.3) is 11.7 Å². The molecule has 0 radical (unpaired) electrons. The van der Waals surface area contributed by atoms with Crippen molar-refractivity contribution in [2.24, 2.45) is 4.99 Å². The van der Waals surface area contributed by atoms with Crippen molar-refractivity contribution in [3.05, 3.63) is 74.3 Å². The molecule has 4 aromatic rings. The van der Waals surface area contributed by atoms with Crippen molar-refractivity contribution < 1.29 is 14.3 Å². The number of hydrogen-bond acceptors (Lipinski definition) is 6. The van der Waals surface area contributed by atoms with Gasteiger partial charge in [0.25, 0.3) is 5.91 Å². The van der Waals surface area contributed by atoms with E-state index in [1.165, 1.54) is 35.0 Å². The number of H-pyrrole nitrogens is 2. The minimum Gasteiger partial charge on any atom is -0.493 e. The highest BCUT2D eigenvalue weighted by Gasteiger charge is 2.20. The predicted octanol–water partition coefficient (Wildman–Crippen LogP) is 0.762. The zero-order valence-electron chi connectivity index (χ0n) is 16.9. The molecule has 0 saturated heterocycles. The summed E-state index contributed by atoms with van der Waals surface area (Å²) in [6.07, 6.45) is 4.95. The van der Waals surface area contributed by atoms with Crippen LogP contribution in [0.3, 0.4) is 0 Å². The van der Waals surface area contributed by atoms with Crippen LogP contribution >= 0.6 is 0 Å². The molecule has 0 unspecified atom stereocenters. The van der Waals surface area contributed by atoms with Gasteiger partial charge in [0, 0.05) is 16.8 Å². The number of aromatic amines is 2. The number of anilines is 1. The summed E-state index contributed by atoms with van der Waals surface area (Å²) in [5.41, 5.74) is 1.06. The van der Waals surface area contributed by atoms with Crippen LogP contribution in [0.2, 0.25) is 0 Å². The molecule has 0 spiro atoms. The standard InChI is InChI=1S/C21H18FN7O3/c1-10-2-3-11(6-14(10)22)19(30)27-16-8-17(24-13-4-5-13)29-18(26-16)12(9-23-29)7-15-20(31)28-21(32)25-15/h2-3,6-9,13,31H,4-5H2,1H3,(H,27,30)(H2,25,28,32)/b12-7-,24-17?. The average Bonchev–Trinajstić information content (AvgIpc) is 3.38. The molecular weight excluding hydrogens is 417 g/mol. The van der Waals surface area contributed by atoms with Crippen molar-refractivity contribution in [3.8, 4) is 5.88 Å². The highest BCUT2D eigenvalue weighted by Crippen LogP contribution is 2.22. The summed E-state index contributed by atoms with van der Waals surface area (Å²) in [5.74, 6) is -1.10. The van der Waals surface area contributed by atoms with Crippen molar-refractivity contribution in [2.45, 2.75) is 25.8 Å². The summed E-state index contributed by atoms with van der Waals surface area (Å²) in [6, 6.07) is 6.01. The van der Waals surface area contributed by atoms with Crippen LogP contribution in [-0.2, 0) is 0 Å². The summed E-state index contributed by atoms with van der Waals surface area (Å²) in [4.78, 5) is 37.9.